The summed E-state index contributed by atoms with van der Waals surface area (Å²) in [6.45, 7) is 12.9. The fourth-order valence-corrected chi connectivity index (χ4v) is 5.78. The number of Topliss-reactive ketones (excluding diaryl/α,β-unsaturated/α-hetero) is 1. The summed E-state index contributed by atoms with van der Waals surface area (Å²) >= 11 is 0. The van der Waals surface area contributed by atoms with Crippen molar-refractivity contribution in [2.75, 3.05) is 28.1 Å². The van der Waals surface area contributed by atoms with Crippen molar-refractivity contribution in [3.05, 3.63) is 60.2 Å². The lowest BCUT2D eigenvalue weighted by Crippen LogP contribution is -2.45. The maximum absolute atomic E-state index is 15.0. The first-order chi connectivity index (χ1) is 18.3. The van der Waals surface area contributed by atoms with E-state index in [4.69, 9.17) is 5.73 Å². The van der Waals surface area contributed by atoms with Gasteiger partial charge in [0.15, 0.2) is 0 Å². The monoisotopic (exact) mass is 543 g/mol. The average molecular weight is 544 g/mol. The van der Waals surface area contributed by atoms with Gasteiger partial charge in [-0.2, -0.15) is 0 Å². The van der Waals surface area contributed by atoms with Crippen molar-refractivity contribution >= 4 is 39.7 Å². The minimum absolute atomic E-state index is 0.107. The van der Waals surface area contributed by atoms with E-state index in [9.17, 15) is 9.00 Å². The molecular formula is C29H42FN5O2S. The summed E-state index contributed by atoms with van der Waals surface area (Å²) in [5.41, 5.74) is 7.17. The van der Waals surface area contributed by atoms with E-state index in [-0.39, 0.29) is 23.0 Å². The largest absolute Gasteiger partial charge is 0.383 e. The SMILES string of the molecule is C=C(c1ccc(NS(=O)CC2(CC/C=C\C)CCC2=O)c(F)c1)c1c(N)ncnc1NCCCCC.CC. The smallest absolute Gasteiger partial charge is 0.147 e. The third-order valence-electron chi connectivity index (χ3n) is 6.65. The van der Waals surface area contributed by atoms with Gasteiger partial charge in [0.1, 0.15) is 40.5 Å². The molecule has 38 heavy (non-hydrogen) atoms. The predicted octanol–water partition coefficient (Wildman–Crippen LogP) is 6.67. The highest BCUT2D eigenvalue weighted by Crippen LogP contribution is 2.42. The van der Waals surface area contributed by atoms with Crippen LogP contribution < -0.4 is 15.8 Å². The van der Waals surface area contributed by atoms with E-state index in [2.05, 4.69) is 33.5 Å². The van der Waals surface area contributed by atoms with Gasteiger partial charge in [0.05, 0.1) is 17.0 Å². The van der Waals surface area contributed by atoms with Gasteiger partial charge in [-0.05, 0) is 55.9 Å². The van der Waals surface area contributed by atoms with Crippen LogP contribution in [0.2, 0.25) is 0 Å². The number of aromatic nitrogens is 2. The average Bonchev–Trinajstić information content (AvgIpc) is 2.91. The molecule has 0 bridgehead atoms. The number of rotatable bonds is 14. The van der Waals surface area contributed by atoms with Gasteiger partial charge < -0.3 is 15.8 Å². The molecule has 2 atom stereocenters. The van der Waals surface area contributed by atoms with Crippen LogP contribution in [-0.4, -0.2) is 32.3 Å². The van der Waals surface area contributed by atoms with Crippen LogP contribution in [0.25, 0.3) is 5.57 Å². The number of nitrogen functional groups attached to an aromatic ring is 1. The zero-order chi connectivity index (χ0) is 28.1. The second-order valence-corrected chi connectivity index (χ2v) is 10.4. The van der Waals surface area contributed by atoms with Crippen molar-refractivity contribution in [1.82, 2.24) is 9.97 Å². The molecule has 7 nitrogen and oxygen atoms in total. The molecule has 0 radical (unpaired) electrons. The number of halogens is 1. The van der Waals surface area contributed by atoms with E-state index in [1.54, 1.807) is 6.07 Å². The van der Waals surface area contributed by atoms with Crippen LogP contribution in [-0.2, 0) is 15.8 Å². The van der Waals surface area contributed by atoms with Crippen LogP contribution in [0, 0.1) is 11.2 Å². The van der Waals surface area contributed by atoms with Crippen molar-refractivity contribution in [3.63, 3.8) is 0 Å². The molecule has 1 aliphatic carbocycles. The molecule has 1 fully saturated rings. The van der Waals surface area contributed by atoms with Crippen LogP contribution in [0.4, 0.5) is 21.7 Å². The number of carbonyl (C=O) groups is 1. The summed E-state index contributed by atoms with van der Waals surface area (Å²) in [5, 5.41) is 3.28. The molecule has 208 valence electrons. The molecule has 3 rings (SSSR count). The normalized spacial score (nSPS) is 17.3. The molecule has 0 saturated heterocycles. The zero-order valence-corrected chi connectivity index (χ0v) is 23.9. The minimum Gasteiger partial charge on any atom is -0.383 e. The Morgan fingerprint density at radius 2 is 2.05 bits per heavy atom. The Morgan fingerprint density at radius 1 is 1.29 bits per heavy atom. The van der Waals surface area contributed by atoms with Crippen molar-refractivity contribution < 1.29 is 13.4 Å². The molecule has 0 spiro atoms. The second kappa shape index (κ2) is 15.4. The number of nitrogens with two attached hydrogens (primary N) is 1. The lowest BCUT2D eigenvalue weighted by molar-refractivity contribution is -0.136. The van der Waals surface area contributed by atoms with E-state index in [1.165, 1.54) is 18.5 Å². The molecule has 1 aromatic heterocycles. The van der Waals surface area contributed by atoms with Gasteiger partial charge in [-0.3, -0.25) is 4.79 Å². The van der Waals surface area contributed by atoms with Gasteiger partial charge in [-0.1, -0.05) is 58.4 Å². The third-order valence-corrected chi connectivity index (χ3v) is 7.91. The van der Waals surface area contributed by atoms with Crippen molar-refractivity contribution in [2.45, 2.75) is 72.6 Å². The number of ketones is 1. The quantitative estimate of drug-likeness (QED) is 0.181. The maximum atomic E-state index is 15.0. The van der Waals surface area contributed by atoms with E-state index < -0.39 is 22.2 Å². The first-order valence-electron chi connectivity index (χ1n) is 13.4. The van der Waals surface area contributed by atoms with Gasteiger partial charge in [-0.15, -0.1) is 0 Å². The molecular weight excluding hydrogens is 501 g/mol. The summed E-state index contributed by atoms with van der Waals surface area (Å²) in [4.78, 5) is 20.7. The molecule has 0 amide bonds. The minimum atomic E-state index is -1.60. The second-order valence-electron chi connectivity index (χ2n) is 9.19. The number of allylic oxidation sites excluding steroid dienone is 2. The summed E-state index contributed by atoms with van der Waals surface area (Å²) < 4.78 is 30.6. The van der Waals surface area contributed by atoms with Gasteiger partial charge in [-0.25, -0.2) is 18.6 Å². The molecule has 1 saturated carbocycles. The van der Waals surface area contributed by atoms with Crippen LogP contribution >= 0.6 is 0 Å². The third kappa shape index (κ3) is 7.96. The molecule has 4 N–H and O–H groups in total. The van der Waals surface area contributed by atoms with Gasteiger partial charge >= 0.3 is 0 Å². The number of nitrogens with one attached hydrogen (secondary N) is 2. The Kier molecular flexibility index (Phi) is 12.6. The fraction of sp³-hybridized carbons (Fsp3) is 0.483. The van der Waals surface area contributed by atoms with E-state index in [0.29, 0.717) is 41.8 Å². The Morgan fingerprint density at radius 3 is 2.66 bits per heavy atom. The van der Waals surface area contributed by atoms with Crippen molar-refractivity contribution in [3.8, 4) is 0 Å². The van der Waals surface area contributed by atoms with E-state index in [0.717, 1.165) is 32.2 Å². The van der Waals surface area contributed by atoms with E-state index >= 15 is 4.39 Å². The molecule has 0 aliphatic heterocycles. The summed E-state index contributed by atoms with van der Waals surface area (Å²) in [7, 11) is -1.60. The zero-order valence-electron chi connectivity index (χ0n) is 23.1. The van der Waals surface area contributed by atoms with Crippen molar-refractivity contribution in [2.24, 2.45) is 5.41 Å². The number of carbonyl (C=O) groups excluding carboxylic acids is 1. The topological polar surface area (TPSA) is 110 Å². The number of hydrogen-bond donors (Lipinski definition) is 3. The number of hydrogen-bond acceptors (Lipinski definition) is 6. The molecule has 2 aromatic rings. The van der Waals surface area contributed by atoms with Crippen LogP contribution in [0.15, 0.2) is 43.3 Å². The number of anilines is 3. The number of nitrogens with zero attached hydrogens (tertiary/aromatic N) is 2. The summed E-state index contributed by atoms with van der Waals surface area (Å²) in [6, 6.07) is 4.54. The van der Waals surface area contributed by atoms with Gasteiger partial charge in [0.25, 0.3) is 0 Å². The number of benzene rings is 1. The highest BCUT2D eigenvalue weighted by Gasteiger charge is 2.46. The standard InChI is InChI=1S/C27H36FN5O2S.C2H6/c1-4-6-8-13-27(14-12-23(27)34)17-36(35)33-22-11-10-20(16-21(22)28)19(3)24-25(29)31-18-32-26(24)30-15-9-7-5-2;1-2/h4,6,10-11,16,18,33H,3,5,7-9,12-15,17H2,1-2H3,(H3,29,30,31,32);1-2H3/b6-4-;. The Labute approximate surface area is 229 Å². The fourth-order valence-electron chi connectivity index (χ4n) is 4.35. The van der Waals surface area contributed by atoms with Gasteiger partial charge in [0, 0.05) is 18.4 Å². The first kappa shape index (κ1) is 31.1. The highest BCUT2D eigenvalue weighted by atomic mass is 32.2. The molecule has 9 heteroatoms. The van der Waals surface area contributed by atoms with Gasteiger partial charge in [0.2, 0.25) is 0 Å². The highest BCUT2D eigenvalue weighted by molar-refractivity contribution is 7.86. The molecule has 1 aromatic carbocycles. The lowest BCUT2D eigenvalue weighted by atomic mass is 9.66. The Hall–Kier alpha value is -3.07. The molecule has 2 unspecified atom stereocenters. The van der Waals surface area contributed by atoms with Crippen LogP contribution in [0.5, 0.6) is 0 Å². The van der Waals surface area contributed by atoms with Crippen molar-refractivity contribution in [1.29, 1.82) is 0 Å². The van der Waals surface area contributed by atoms with Crippen LogP contribution in [0.3, 0.4) is 0 Å². The summed E-state index contributed by atoms with van der Waals surface area (Å²) in [5.74, 6) is 0.544. The van der Waals surface area contributed by atoms with E-state index in [1.807, 2.05) is 32.9 Å². The predicted molar refractivity (Wildman–Crippen MR) is 158 cm³/mol. The first-order valence-corrected chi connectivity index (χ1v) is 14.8. The molecule has 1 heterocycles. The molecule has 1 aliphatic rings. The summed E-state index contributed by atoms with van der Waals surface area (Å²) in [6.07, 6.45) is 11.2. The number of unbranched alkanes of at least 4 members (excludes halogenated alkanes) is 2. The maximum Gasteiger partial charge on any atom is 0.147 e. The van der Waals surface area contributed by atoms with Crippen LogP contribution in [0.1, 0.15) is 83.8 Å². The Bertz CT molecular complexity index is 1150. The lowest BCUT2D eigenvalue weighted by Gasteiger charge is -2.39. The Balaban J connectivity index is 0.00000247.